The summed E-state index contributed by atoms with van der Waals surface area (Å²) in [7, 11) is 3.94. The summed E-state index contributed by atoms with van der Waals surface area (Å²) in [6, 6.07) is 20.5. The molecule has 13 heteroatoms. The Kier molecular flexibility index (Phi) is 9.97. The van der Waals surface area contributed by atoms with Crippen molar-refractivity contribution in [3.63, 3.8) is 0 Å². The first-order valence-corrected chi connectivity index (χ1v) is 17.9. The van der Waals surface area contributed by atoms with Crippen LogP contribution in [0, 0.1) is 6.92 Å². The van der Waals surface area contributed by atoms with Crippen LogP contribution in [-0.4, -0.2) is 85.0 Å². The minimum Gasteiger partial charge on any atom is -0.491 e. The van der Waals surface area contributed by atoms with Crippen LogP contribution < -0.4 is 20.3 Å². The molecular weight excluding hydrogens is 681 g/mol. The Morgan fingerprint density at radius 1 is 0.981 bits per heavy atom. The van der Waals surface area contributed by atoms with Crippen LogP contribution in [0.5, 0.6) is 5.75 Å². The van der Waals surface area contributed by atoms with Crippen LogP contribution in [0.2, 0.25) is 0 Å². The van der Waals surface area contributed by atoms with Gasteiger partial charge in [-0.05, 0) is 78.6 Å². The van der Waals surface area contributed by atoms with Gasteiger partial charge in [-0.3, -0.25) is 24.5 Å². The number of hydrogen-bond acceptors (Lipinski definition) is 10. The number of nitrogens with one attached hydrogen (secondary N) is 2. The molecule has 1 fully saturated rings. The molecule has 52 heavy (non-hydrogen) atoms. The number of rotatable bonds is 12. The van der Waals surface area contributed by atoms with Crippen molar-refractivity contribution in [3.05, 3.63) is 95.2 Å². The van der Waals surface area contributed by atoms with Crippen molar-refractivity contribution in [1.29, 1.82) is 0 Å². The number of aromatic nitrogens is 2. The zero-order chi connectivity index (χ0) is 36.4. The maximum atomic E-state index is 12.9. The van der Waals surface area contributed by atoms with E-state index in [1.54, 1.807) is 35.6 Å². The van der Waals surface area contributed by atoms with Crippen LogP contribution in [0.1, 0.15) is 44.7 Å². The van der Waals surface area contributed by atoms with Gasteiger partial charge in [-0.2, -0.15) is 0 Å². The number of benzene rings is 3. The molecular formula is C39H38N6O6S. The minimum atomic E-state index is -0.658. The van der Waals surface area contributed by atoms with Gasteiger partial charge in [0.1, 0.15) is 29.2 Å². The van der Waals surface area contributed by atoms with E-state index in [0.717, 1.165) is 48.9 Å². The molecule has 4 heterocycles. The van der Waals surface area contributed by atoms with E-state index in [1.165, 1.54) is 4.90 Å². The smallest absolute Gasteiger partial charge is 0.255 e. The second-order valence-corrected chi connectivity index (χ2v) is 14.0. The second-order valence-electron chi connectivity index (χ2n) is 13.0. The molecule has 0 spiro atoms. The van der Waals surface area contributed by atoms with Gasteiger partial charge < -0.3 is 24.6 Å². The van der Waals surface area contributed by atoms with Gasteiger partial charge in [0.05, 0.1) is 23.4 Å². The molecule has 1 atom stereocenters. The summed E-state index contributed by atoms with van der Waals surface area (Å²) in [5.74, 6) is 0.328. The number of thiazole rings is 1. The highest BCUT2D eigenvalue weighted by Crippen LogP contribution is 2.35. The fourth-order valence-electron chi connectivity index (χ4n) is 6.39. The Morgan fingerprint density at radius 3 is 2.58 bits per heavy atom. The topological polar surface area (TPSA) is 143 Å². The van der Waals surface area contributed by atoms with Gasteiger partial charge >= 0.3 is 0 Å². The van der Waals surface area contributed by atoms with E-state index in [2.05, 4.69) is 46.8 Å². The predicted octanol–water partition coefficient (Wildman–Crippen LogP) is 4.99. The number of carbonyl (C=O) groups is 4. The molecule has 4 amide bonds. The quantitative estimate of drug-likeness (QED) is 0.135. The molecule has 0 aliphatic carbocycles. The Hall–Kier alpha value is -5.66. The lowest BCUT2D eigenvalue weighted by Crippen LogP contribution is -2.52. The number of fused-ring (bicyclic) bond motifs is 2. The van der Waals surface area contributed by atoms with Crippen LogP contribution in [0.15, 0.2) is 72.9 Å². The number of nitrogens with zero attached hydrogens (tertiary/aromatic N) is 4. The van der Waals surface area contributed by atoms with E-state index < -0.39 is 11.9 Å². The summed E-state index contributed by atoms with van der Waals surface area (Å²) in [6.07, 6.45) is 2.41. The number of ether oxygens (including phenoxy) is 2. The first-order chi connectivity index (χ1) is 25.1. The first-order valence-electron chi connectivity index (χ1n) is 17.1. The normalized spacial score (nSPS) is 15.5. The van der Waals surface area contributed by atoms with Crippen LogP contribution in [0.25, 0.3) is 31.9 Å². The van der Waals surface area contributed by atoms with E-state index in [4.69, 9.17) is 14.5 Å². The molecule has 266 valence electrons. The van der Waals surface area contributed by atoms with Crippen molar-refractivity contribution >= 4 is 51.0 Å². The standard InChI is InChI=1S/C39H38N6O6S/c1-23-18-24(26-6-12-34(41-21-26)44(2)3)4-8-29(23)38-42-31-10-5-25(20-33(31)52-38)36(47)40-14-15-50-16-17-51-28-7-9-30-27(19-28)22-45(39(30)49)32-11-13-35(46)43-37(32)48/h4-10,12,18-21,32H,11,13-17,22H2,1-3H3,(H,40,47)(H,43,46,48). The lowest BCUT2D eigenvalue weighted by Gasteiger charge is -2.29. The van der Waals surface area contributed by atoms with Gasteiger partial charge in [-0.25, -0.2) is 9.97 Å². The van der Waals surface area contributed by atoms with Crippen molar-refractivity contribution in [3.8, 4) is 27.4 Å². The van der Waals surface area contributed by atoms with Crippen molar-refractivity contribution < 1.29 is 28.7 Å². The summed E-state index contributed by atoms with van der Waals surface area (Å²) >= 11 is 1.56. The van der Waals surface area contributed by atoms with E-state index in [0.29, 0.717) is 43.1 Å². The highest BCUT2D eigenvalue weighted by molar-refractivity contribution is 7.21. The third kappa shape index (κ3) is 7.37. The summed E-state index contributed by atoms with van der Waals surface area (Å²) < 4.78 is 12.4. The van der Waals surface area contributed by atoms with Crippen LogP contribution in [0.3, 0.4) is 0 Å². The molecule has 0 saturated carbocycles. The summed E-state index contributed by atoms with van der Waals surface area (Å²) in [6.45, 7) is 3.60. The molecule has 12 nitrogen and oxygen atoms in total. The van der Waals surface area contributed by atoms with Gasteiger partial charge in [0, 0.05) is 62.1 Å². The SMILES string of the molecule is Cc1cc(-c2ccc(N(C)C)nc2)ccc1-c1nc2ccc(C(=O)NCCOCCOc3ccc4c(c3)CN(C3CCC(=O)NC3=O)C4=O)cc2s1. The molecule has 1 saturated heterocycles. The highest BCUT2D eigenvalue weighted by Gasteiger charge is 2.39. The Bertz CT molecular complexity index is 2180. The number of imide groups is 1. The zero-order valence-corrected chi connectivity index (χ0v) is 29.9. The number of piperidine rings is 1. The van der Waals surface area contributed by atoms with Crippen molar-refractivity contribution in [2.75, 3.05) is 45.4 Å². The van der Waals surface area contributed by atoms with E-state index in [-0.39, 0.29) is 37.3 Å². The maximum Gasteiger partial charge on any atom is 0.255 e. The van der Waals surface area contributed by atoms with Gasteiger partial charge in [0.2, 0.25) is 11.8 Å². The number of hydrogen-bond donors (Lipinski definition) is 2. The van der Waals surface area contributed by atoms with Crippen LogP contribution in [-0.2, 0) is 20.9 Å². The predicted molar refractivity (Wildman–Crippen MR) is 198 cm³/mol. The molecule has 5 aromatic rings. The second kappa shape index (κ2) is 14.9. The van der Waals surface area contributed by atoms with Crippen molar-refractivity contribution in [1.82, 2.24) is 25.5 Å². The van der Waals surface area contributed by atoms with E-state index >= 15 is 0 Å². The zero-order valence-electron chi connectivity index (χ0n) is 29.1. The van der Waals surface area contributed by atoms with E-state index in [9.17, 15) is 19.2 Å². The summed E-state index contributed by atoms with van der Waals surface area (Å²) in [5, 5.41) is 6.12. The first kappa shape index (κ1) is 34.8. The Morgan fingerprint density at radius 2 is 1.81 bits per heavy atom. The molecule has 7 rings (SSSR count). The average molecular weight is 719 g/mol. The largest absolute Gasteiger partial charge is 0.491 e. The van der Waals surface area contributed by atoms with Crippen molar-refractivity contribution in [2.24, 2.45) is 0 Å². The third-order valence-electron chi connectivity index (χ3n) is 9.17. The number of pyridine rings is 1. The average Bonchev–Trinajstić information content (AvgIpc) is 3.71. The highest BCUT2D eigenvalue weighted by atomic mass is 32.1. The summed E-state index contributed by atoms with van der Waals surface area (Å²) in [4.78, 5) is 62.5. The Labute approximate surface area is 304 Å². The van der Waals surface area contributed by atoms with Crippen LogP contribution in [0.4, 0.5) is 5.82 Å². The molecule has 3 aromatic carbocycles. The number of carbonyl (C=O) groups excluding carboxylic acids is 4. The monoisotopic (exact) mass is 718 g/mol. The van der Waals surface area contributed by atoms with Gasteiger partial charge in [-0.15, -0.1) is 11.3 Å². The molecule has 2 N–H and O–H groups in total. The lowest BCUT2D eigenvalue weighted by molar-refractivity contribution is -0.136. The van der Waals surface area contributed by atoms with Gasteiger partial charge in [0.15, 0.2) is 0 Å². The molecule has 1 unspecified atom stereocenters. The van der Waals surface area contributed by atoms with Crippen molar-refractivity contribution in [2.45, 2.75) is 32.4 Å². The fraction of sp³-hybridized carbons (Fsp3) is 0.282. The minimum absolute atomic E-state index is 0.190. The lowest BCUT2D eigenvalue weighted by atomic mass is 10.0. The van der Waals surface area contributed by atoms with Gasteiger partial charge in [0.25, 0.3) is 11.8 Å². The Balaban J connectivity index is 0.863. The van der Waals surface area contributed by atoms with Gasteiger partial charge in [-0.1, -0.05) is 18.2 Å². The molecule has 0 bridgehead atoms. The molecule has 0 radical (unpaired) electrons. The van der Waals surface area contributed by atoms with E-state index in [1.807, 2.05) is 43.4 Å². The third-order valence-corrected chi connectivity index (χ3v) is 10.2. The molecule has 2 aromatic heterocycles. The maximum absolute atomic E-state index is 12.9. The molecule has 2 aliphatic rings. The number of aryl methyl sites for hydroxylation is 1. The number of amides is 4. The molecule has 2 aliphatic heterocycles. The number of anilines is 1. The van der Waals surface area contributed by atoms with Crippen LogP contribution >= 0.6 is 11.3 Å². The fourth-order valence-corrected chi connectivity index (χ4v) is 7.48. The summed E-state index contributed by atoms with van der Waals surface area (Å²) in [5.41, 5.74) is 7.00.